The number of aromatic nitrogens is 4. The van der Waals surface area contributed by atoms with Crippen molar-refractivity contribution in [2.75, 3.05) is 11.9 Å². The Balaban J connectivity index is 1.49. The number of nitrogens with zero attached hydrogens (tertiary/aromatic N) is 4. The van der Waals surface area contributed by atoms with Crippen LogP contribution in [0.1, 0.15) is 28.0 Å². The molecule has 4 unspecified atom stereocenters. The summed E-state index contributed by atoms with van der Waals surface area (Å²) >= 11 is 0. The minimum Gasteiger partial charge on any atom is -0.390 e. The van der Waals surface area contributed by atoms with Gasteiger partial charge in [0.05, 0.1) is 35.8 Å². The van der Waals surface area contributed by atoms with E-state index in [4.69, 9.17) is 5.14 Å². The van der Waals surface area contributed by atoms with E-state index < -0.39 is 56.7 Å². The highest BCUT2D eigenvalue weighted by atomic mass is 32.2. The quantitative estimate of drug-likeness (QED) is 0.214. The molecule has 16 heteroatoms. The van der Waals surface area contributed by atoms with Gasteiger partial charge in [-0.1, -0.05) is 18.7 Å². The first-order chi connectivity index (χ1) is 18.4. The highest BCUT2D eigenvalue weighted by molar-refractivity contribution is 7.94. The van der Waals surface area contributed by atoms with Gasteiger partial charge in [-0.15, -0.1) is 0 Å². The summed E-state index contributed by atoms with van der Waals surface area (Å²) < 4.78 is 52.3. The number of nitrogens with two attached hydrogens (primary N) is 1. The number of carbonyl (C=O) groups excluding carboxylic acids is 1. The molecule has 3 aromatic rings. The molecule has 2 heterocycles. The van der Waals surface area contributed by atoms with Gasteiger partial charge in [0, 0.05) is 23.7 Å². The van der Waals surface area contributed by atoms with Crippen molar-refractivity contribution in [3.8, 4) is 0 Å². The number of aliphatic hydroxyl groups excluding tert-OH is 2. The number of rotatable bonds is 11. The van der Waals surface area contributed by atoms with Crippen molar-refractivity contribution >= 4 is 31.7 Å². The summed E-state index contributed by atoms with van der Waals surface area (Å²) in [6.45, 7) is 3.09. The second-order valence-corrected chi connectivity index (χ2v) is 12.0. The average Bonchev–Trinajstić information content (AvgIpc) is 3.47. The lowest BCUT2D eigenvalue weighted by atomic mass is 10.1. The normalized spacial score (nSPS) is 21.5. The zero-order valence-electron chi connectivity index (χ0n) is 20.4. The molecule has 0 bridgehead atoms. The molecule has 1 saturated carbocycles. The zero-order chi connectivity index (χ0) is 28.4. The molecule has 1 aliphatic carbocycles. The van der Waals surface area contributed by atoms with Gasteiger partial charge in [-0.3, -0.25) is 13.7 Å². The Morgan fingerprint density at radius 3 is 2.72 bits per heavy atom. The van der Waals surface area contributed by atoms with Crippen molar-refractivity contribution in [2.45, 2.75) is 36.1 Å². The molecule has 0 radical (unpaired) electrons. The molecule has 0 amide bonds. The Morgan fingerprint density at radius 1 is 1.23 bits per heavy atom. The number of hydrogen-bond donors (Lipinski definition) is 4. The topological polar surface area (TPSA) is 217 Å². The predicted octanol–water partition coefficient (Wildman–Crippen LogP) is -0.388. The van der Waals surface area contributed by atoms with Gasteiger partial charge in [-0.05, 0) is 30.2 Å². The molecule has 0 aliphatic heterocycles. The van der Waals surface area contributed by atoms with Crippen LogP contribution in [0.25, 0.3) is 0 Å². The van der Waals surface area contributed by atoms with Crippen LogP contribution in [-0.2, 0) is 30.9 Å². The van der Waals surface area contributed by atoms with Crippen LogP contribution >= 0.6 is 0 Å². The molecular weight excluding hydrogens is 552 g/mol. The summed E-state index contributed by atoms with van der Waals surface area (Å²) in [7, 11) is -7.83. The zero-order valence-corrected chi connectivity index (χ0v) is 22.0. The number of nitrogens with one attached hydrogen (secondary N) is 1. The minimum absolute atomic E-state index is 0.0488. The molecule has 2 aromatic heterocycles. The molecule has 39 heavy (non-hydrogen) atoms. The molecule has 0 spiro atoms. The number of ketones is 1. The third-order valence-corrected chi connectivity index (χ3v) is 8.01. The maximum atomic E-state index is 13.3. The molecule has 5 N–H and O–H groups in total. The standard InChI is InChI=1S/C23H26N6O8S2/c1-2-38(33,34)16-5-3-4-14(8-16)11-29-7-6-18(28-29)21(31)17-10-25-13-26-23(17)27-19-9-15(20(30)22(19)32)12-37-39(24,35)36/h2-8,10,13,15,19-20,22,30,32H,1,9,11-12H2,(H2,24,35,36)(H,25,26,27). The first kappa shape index (κ1) is 28.5. The number of sulfone groups is 1. The molecule has 4 rings (SSSR count). The summed E-state index contributed by atoms with van der Waals surface area (Å²) in [6.07, 6.45) is 1.52. The van der Waals surface area contributed by atoms with Crippen LogP contribution in [0.4, 0.5) is 5.82 Å². The molecule has 208 valence electrons. The molecule has 1 aromatic carbocycles. The Morgan fingerprint density at radius 2 is 2.00 bits per heavy atom. The fourth-order valence-corrected chi connectivity index (χ4v) is 5.36. The first-order valence-corrected chi connectivity index (χ1v) is 14.5. The molecule has 14 nitrogen and oxygen atoms in total. The third-order valence-electron chi connectivity index (χ3n) is 6.19. The van der Waals surface area contributed by atoms with Gasteiger partial charge in [-0.25, -0.2) is 23.5 Å². The van der Waals surface area contributed by atoms with Crippen LogP contribution in [0.2, 0.25) is 0 Å². The van der Waals surface area contributed by atoms with Crippen LogP contribution in [0, 0.1) is 5.92 Å². The summed E-state index contributed by atoms with van der Waals surface area (Å²) in [5.41, 5.74) is 0.752. The summed E-state index contributed by atoms with van der Waals surface area (Å²) in [4.78, 5) is 21.3. The summed E-state index contributed by atoms with van der Waals surface area (Å²) in [5, 5.41) is 33.7. The Labute approximate surface area is 224 Å². The van der Waals surface area contributed by atoms with E-state index in [0.29, 0.717) is 5.56 Å². The Kier molecular flexibility index (Phi) is 8.24. The molecule has 4 atom stereocenters. The first-order valence-electron chi connectivity index (χ1n) is 11.5. The number of carbonyl (C=O) groups is 1. The molecule has 1 fully saturated rings. The van der Waals surface area contributed by atoms with Crippen molar-refractivity contribution < 1.29 is 36.0 Å². The van der Waals surface area contributed by atoms with Gasteiger partial charge < -0.3 is 15.5 Å². The van der Waals surface area contributed by atoms with Gasteiger partial charge in [0.15, 0.2) is 9.84 Å². The molecule has 0 saturated heterocycles. The van der Waals surface area contributed by atoms with Crippen LogP contribution in [-0.4, -0.2) is 77.4 Å². The lowest BCUT2D eigenvalue weighted by Crippen LogP contribution is -2.36. The smallest absolute Gasteiger partial charge is 0.333 e. The number of aliphatic hydroxyl groups is 2. The van der Waals surface area contributed by atoms with E-state index in [1.807, 2.05) is 0 Å². The van der Waals surface area contributed by atoms with Crippen molar-refractivity contribution in [1.29, 1.82) is 0 Å². The largest absolute Gasteiger partial charge is 0.390 e. The van der Waals surface area contributed by atoms with Gasteiger partial charge >= 0.3 is 10.3 Å². The van der Waals surface area contributed by atoms with Gasteiger partial charge in [0.2, 0.25) is 5.78 Å². The monoisotopic (exact) mass is 578 g/mol. The number of hydrogen-bond acceptors (Lipinski definition) is 12. The molecular formula is C23H26N6O8S2. The highest BCUT2D eigenvalue weighted by Crippen LogP contribution is 2.30. The van der Waals surface area contributed by atoms with Gasteiger partial charge in [0.25, 0.3) is 0 Å². The van der Waals surface area contributed by atoms with Gasteiger partial charge in [0.1, 0.15) is 23.9 Å². The predicted molar refractivity (Wildman–Crippen MR) is 137 cm³/mol. The number of benzene rings is 1. The molecule has 1 aliphatic rings. The number of anilines is 1. The minimum atomic E-state index is -4.22. The highest BCUT2D eigenvalue weighted by Gasteiger charge is 2.42. The lowest BCUT2D eigenvalue weighted by Gasteiger charge is -2.19. The summed E-state index contributed by atoms with van der Waals surface area (Å²) in [6, 6.07) is 6.97. The third kappa shape index (κ3) is 6.73. The average molecular weight is 579 g/mol. The maximum absolute atomic E-state index is 13.3. The maximum Gasteiger partial charge on any atom is 0.333 e. The fourth-order valence-electron chi connectivity index (χ4n) is 4.21. The van der Waals surface area contributed by atoms with E-state index in [2.05, 4.69) is 31.1 Å². The van der Waals surface area contributed by atoms with Crippen molar-refractivity contribution in [2.24, 2.45) is 11.1 Å². The van der Waals surface area contributed by atoms with Crippen LogP contribution in [0.5, 0.6) is 0 Å². The van der Waals surface area contributed by atoms with Gasteiger partial charge in [-0.2, -0.15) is 13.5 Å². The lowest BCUT2D eigenvalue weighted by molar-refractivity contribution is 0.00778. The van der Waals surface area contributed by atoms with Crippen LogP contribution in [0.15, 0.2) is 65.9 Å². The Hall–Kier alpha value is -3.54. The van der Waals surface area contributed by atoms with Crippen molar-refractivity contribution in [1.82, 2.24) is 19.7 Å². The summed E-state index contributed by atoms with van der Waals surface area (Å²) in [5.74, 6) is -1.19. The fraction of sp³-hybridized carbons (Fsp3) is 0.304. The van der Waals surface area contributed by atoms with E-state index in [9.17, 15) is 31.8 Å². The van der Waals surface area contributed by atoms with Crippen molar-refractivity contribution in [3.63, 3.8) is 0 Å². The second kappa shape index (κ2) is 11.3. The Bertz CT molecular complexity index is 1590. The van der Waals surface area contributed by atoms with E-state index in [1.54, 1.807) is 18.3 Å². The van der Waals surface area contributed by atoms with Crippen LogP contribution in [0.3, 0.4) is 0 Å². The van der Waals surface area contributed by atoms with E-state index >= 15 is 0 Å². The van der Waals surface area contributed by atoms with E-state index in [0.717, 1.165) is 5.41 Å². The SMILES string of the molecule is C=CS(=O)(=O)c1cccc(Cn2ccc(C(=O)c3cncnc3NC3CC(COS(N)(=O)=O)C(O)C3O)n2)c1. The second-order valence-electron chi connectivity index (χ2n) is 8.88. The van der Waals surface area contributed by atoms with Crippen molar-refractivity contribution in [3.05, 3.63) is 77.9 Å². The van der Waals surface area contributed by atoms with Crippen LogP contribution < -0.4 is 10.5 Å². The van der Waals surface area contributed by atoms with E-state index in [-0.39, 0.29) is 34.9 Å². The van der Waals surface area contributed by atoms with E-state index in [1.165, 1.54) is 35.4 Å².